The summed E-state index contributed by atoms with van der Waals surface area (Å²) in [6, 6.07) is 0. The number of rotatable bonds is 24. The molecule has 0 aromatic rings. The minimum Gasteiger partial charge on any atom is -0.479 e. The Bertz CT molecular complexity index is 814. The molecule has 0 saturated carbocycles. The molecular weight excluding hydrogens is 592 g/mol. The highest BCUT2D eigenvalue weighted by Gasteiger charge is 2.53. The molecular formula is C32H58O13. The van der Waals surface area contributed by atoms with Crippen LogP contribution >= 0.6 is 0 Å². The molecule has 2 aliphatic heterocycles. The molecule has 2 fully saturated rings. The lowest BCUT2D eigenvalue weighted by atomic mass is 9.96. The lowest BCUT2D eigenvalue weighted by molar-refractivity contribution is -0.350. The van der Waals surface area contributed by atoms with Gasteiger partial charge in [0.1, 0.15) is 36.6 Å². The van der Waals surface area contributed by atoms with Crippen molar-refractivity contribution in [3.8, 4) is 0 Å². The molecule has 2 aliphatic rings. The van der Waals surface area contributed by atoms with Crippen LogP contribution in [0, 0.1) is 0 Å². The molecule has 0 unspecified atom stereocenters. The predicted molar refractivity (Wildman–Crippen MR) is 162 cm³/mol. The van der Waals surface area contributed by atoms with E-state index in [1.54, 1.807) is 0 Å². The van der Waals surface area contributed by atoms with E-state index in [0.717, 1.165) is 19.3 Å². The molecule has 45 heavy (non-hydrogen) atoms. The van der Waals surface area contributed by atoms with E-state index in [-0.39, 0.29) is 6.61 Å². The predicted octanol–water partition coefficient (Wildman–Crippen LogP) is 2.85. The third-order valence-corrected chi connectivity index (χ3v) is 8.67. The van der Waals surface area contributed by atoms with Crippen LogP contribution in [0.2, 0.25) is 0 Å². The highest BCUT2D eigenvalue weighted by molar-refractivity contribution is 5.74. The largest absolute Gasteiger partial charge is 0.479 e. The van der Waals surface area contributed by atoms with Crippen molar-refractivity contribution in [1.29, 1.82) is 0 Å². The molecule has 0 aliphatic carbocycles. The first kappa shape index (κ1) is 39.8. The quantitative estimate of drug-likeness (QED) is 0.0750. The smallest absolute Gasteiger partial charge is 0.335 e. The summed E-state index contributed by atoms with van der Waals surface area (Å²) in [5.41, 5.74) is 0. The SMILES string of the molecule is CCCCCCCCCCCCCCCCCCCCO[C@@H]1O[C@H](C(=O)O)[C@H](O[C@@H]2O[C@H](C(=O)O)[C@@H](O)[C@H](O)[C@H]2O)[C@H](O)[C@H]1O. The number of carboxylic acid groups (broad SMARTS) is 2. The maximum atomic E-state index is 11.9. The third kappa shape index (κ3) is 13.7. The van der Waals surface area contributed by atoms with Gasteiger partial charge in [-0.3, -0.25) is 0 Å². The first-order chi connectivity index (χ1) is 21.6. The van der Waals surface area contributed by atoms with Gasteiger partial charge in [0.15, 0.2) is 24.8 Å². The summed E-state index contributed by atoms with van der Waals surface area (Å²) in [5.74, 6) is -3.24. The average molecular weight is 651 g/mol. The van der Waals surface area contributed by atoms with Crippen molar-refractivity contribution in [2.24, 2.45) is 0 Å². The summed E-state index contributed by atoms with van der Waals surface area (Å²) in [6.45, 7) is 2.42. The zero-order valence-corrected chi connectivity index (χ0v) is 26.8. The number of carbonyl (C=O) groups is 2. The second kappa shape index (κ2) is 22.2. The van der Waals surface area contributed by atoms with Gasteiger partial charge in [-0.15, -0.1) is 0 Å². The van der Waals surface area contributed by atoms with E-state index < -0.39 is 73.4 Å². The number of ether oxygens (including phenoxy) is 4. The Labute approximate surface area is 266 Å². The summed E-state index contributed by atoms with van der Waals surface area (Å²) in [4.78, 5) is 23.2. The summed E-state index contributed by atoms with van der Waals surface area (Å²) in [6.07, 6.45) is 3.55. The molecule has 2 rings (SSSR count). The van der Waals surface area contributed by atoms with E-state index in [1.165, 1.54) is 89.9 Å². The number of aliphatic carboxylic acids is 2. The molecule has 0 aromatic heterocycles. The molecule has 7 N–H and O–H groups in total. The van der Waals surface area contributed by atoms with Crippen LogP contribution in [0.15, 0.2) is 0 Å². The zero-order chi connectivity index (χ0) is 33.2. The molecule has 2 saturated heterocycles. The van der Waals surface area contributed by atoms with Crippen LogP contribution in [0.5, 0.6) is 0 Å². The van der Waals surface area contributed by atoms with Crippen LogP contribution in [0.3, 0.4) is 0 Å². The van der Waals surface area contributed by atoms with Crippen LogP contribution in [-0.4, -0.2) is 116 Å². The highest BCUT2D eigenvalue weighted by atomic mass is 16.7. The lowest BCUT2D eigenvalue weighted by Crippen LogP contribution is -2.65. The highest BCUT2D eigenvalue weighted by Crippen LogP contribution is 2.30. The topological polar surface area (TPSA) is 213 Å². The summed E-state index contributed by atoms with van der Waals surface area (Å²) in [5, 5.41) is 70.0. The van der Waals surface area contributed by atoms with Crippen molar-refractivity contribution >= 4 is 11.9 Å². The molecule has 0 aromatic carbocycles. The Hall–Kier alpha value is -1.42. The van der Waals surface area contributed by atoms with Crippen molar-refractivity contribution in [2.75, 3.05) is 6.61 Å². The average Bonchev–Trinajstić information content (AvgIpc) is 3.01. The van der Waals surface area contributed by atoms with E-state index >= 15 is 0 Å². The Morgan fingerprint density at radius 3 is 1.36 bits per heavy atom. The Balaban J connectivity index is 1.59. The Morgan fingerprint density at radius 2 is 0.911 bits per heavy atom. The zero-order valence-electron chi connectivity index (χ0n) is 26.8. The van der Waals surface area contributed by atoms with Gasteiger partial charge in [0, 0.05) is 6.61 Å². The molecule has 2 heterocycles. The Kier molecular flexibility index (Phi) is 19.6. The summed E-state index contributed by atoms with van der Waals surface area (Å²) in [7, 11) is 0. The molecule has 0 amide bonds. The maximum Gasteiger partial charge on any atom is 0.335 e. The van der Waals surface area contributed by atoms with E-state index in [1.807, 2.05) is 0 Å². The van der Waals surface area contributed by atoms with Crippen LogP contribution in [0.4, 0.5) is 0 Å². The molecule has 0 radical (unpaired) electrons. The van der Waals surface area contributed by atoms with Gasteiger partial charge in [0.25, 0.3) is 0 Å². The first-order valence-electron chi connectivity index (χ1n) is 17.0. The fraction of sp³-hybridized carbons (Fsp3) is 0.938. The van der Waals surface area contributed by atoms with Crippen LogP contribution < -0.4 is 0 Å². The van der Waals surface area contributed by atoms with Gasteiger partial charge in [-0.1, -0.05) is 116 Å². The fourth-order valence-electron chi connectivity index (χ4n) is 5.85. The molecule has 0 bridgehead atoms. The molecule has 13 heteroatoms. The standard InChI is InChI=1S/C32H58O13/c1-2-3-4-5-6-7-8-9-10-11-12-13-14-15-16-17-18-19-20-42-31-25(37)23(35)26(28(45-31)30(40)41)43-32-24(36)21(33)22(34)27(44-32)29(38)39/h21-28,31-37H,2-20H2,1H3,(H,38,39)(H,40,41)/t21-,22-,23+,24+,25+,26+,27-,28-,31+,32+/m0/s1. The van der Waals surface area contributed by atoms with E-state index in [2.05, 4.69) is 6.92 Å². The van der Waals surface area contributed by atoms with Gasteiger partial charge in [0.2, 0.25) is 0 Å². The van der Waals surface area contributed by atoms with E-state index in [9.17, 15) is 45.3 Å². The van der Waals surface area contributed by atoms with Gasteiger partial charge >= 0.3 is 11.9 Å². The van der Waals surface area contributed by atoms with Crippen molar-refractivity contribution in [1.82, 2.24) is 0 Å². The van der Waals surface area contributed by atoms with E-state index in [0.29, 0.717) is 6.42 Å². The fourth-order valence-corrected chi connectivity index (χ4v) is 5.85. The summed E-state index contributed by atoms with van der Waals surface area (Å²) >= 11 is 0. The molecule has 13 nitrogen and oxygen atoms in total. The van der Waals surface area contributed by atoms with E-state index in [4.69, 9.17) is 18.9 Å². The first-order valence-corrected chi connectivity index (χ1v) is 17.0. The van der Waals surface area contributed by atoms with Gasteiger partial charge in [-0.2, -0.15) is 0 Å². The minimum atomic E-state index is -2.00. The Morgan fingerprint density at radius 1 is 0.511 bits per heavy atom. The van der Waals surface area contributed by atoms with Crippen molar-refractivity contribution < 1.29 is 64.3 Å². The van der Waals surface area contributed by atoms with Crippen molar-refractivity contribution in [3.63, 3.8) is 0 Å². The molecule has 10 atom stereocenters. The van der Waals surface area contributed by atoms with Crippen molar-refractivity contribution in [2.45, 2.75) is 184 Å². The normalized spacial score (nSPS) is 32.0. The number of unbranched alkanes of at least 4 members (excludes halogenated alkanes) is 17. The molecule has 264 valence electrons. The van der Waals surface area contributed by atoms with Gasteiger partial charge < -0.3 is 54.7 Å². The number of aliphatic hydroxyl groups is 5. The molecule has 0 spiro atoms. The van der Waals surface area contributed by atoms with Gasteiger partial charge in [-0.25, -0.2) is 9.59 Å². The van der Waals surface area contributed by atoms with Gasteiger partial charge in [-0.05, 0) is 6.42 Å². The van der Waals surface area contributed by atoms with Crippen LogP contribution in [0.1, 0.15) is 122 Å². The second-order valence-corrected chi connectivity index (χ2v) is 12.5. The number of hydrogen-bond acceptors (Lipinski definition) is 11. The number of aliphatic hydroxyl groups excluding tert-OH is 5. The van der Waals surface area contributed by atoms with Gasteiger partial charge in [0.05, 0.1) is 0 Å². The monoisotopic (exact) mass is 650 g/mol. The summed E-state index contributed by atoms with van der Waals surface area (Å²) < 4.78 is 21.2. The third-order valence-electron chi connectivity index (χ3n) is 8.67. The number of carboxylic acids is 2. The number of hydrogen-bond donors (Lipinski definition) is 7. The van der Waals surface area contributed by atoms with Crippen LogP contribution in [0.25, 0.3) is 0 Å². The van der Waals surface area contributed by atoms with Crippen molar-refractivity contribution in [3.05, 3.63) is 0 Å². The lowest BCUT2D eigenvalue weighted by Gasteiger charge is -2.44. The second-order valence-electron chi connectivity index (χ2n) is 12.5. The maximum absolute atomic E-state index is 11.9. The van der Waals surface area contributed by atoms with Crippen LogP contribution in [-0.2, 0) is 28.5 Å². The minimum absolute atomic E-state index is 0.167.